The molecule has 6 heteroatoms. The van der Waals surface area contributed by atoms with Gasteiger partial charge in [-0.05, 0) is 0 Å². The summed E-state index contributed by atoms with van der Waals surface area (Å²) in [5, 5.41) is 21.1. The van der Waals surface area contributed by atoms with Gasteiger partial charge in [-0.3, -0.25) is 0 Å². The number of carboxylic acids is 1. The number of hydrogen-bond donors (Lipinski definition) is 1. The Kier molecular flexibility index (Phi) is 3.10. The Labute approximate surface area is 112 Å². The van der Waals surface area contributed by atoms with Crippen molar-refractivity contribution in [2.45, 2.75) is 0 Å². The monoisotopic (exact) mass is 418 g/mol. The molecule has 0 fully saturated rings. The van der Waals surface area contributed by atoms with Crippen LogP contribution in [0, 0.1) is 10.1 Å². The van der Waals surface area contributed by atoms with E-state index in [1.165, 1.54) is 6.07 Å². The standard InChI is InChI=1S/C11H6NO4.Hg/c13-11(14)10-6-8(12(15)16)5-7-3-1-2-4-9(7)10;/h1-3,5-6H,(H,13,14);. The Balaban J connectivity index is 2.91. The summed E-state index contributed by atoms with van der Waals surface area (Å²) in [6, 6.07) is 7.90. The number of fused-ring (bicyclic) bond motifs is 1. The van der Waals surface area contributed by atoms with Gasteiger partial charge in [0.2, 0.25) is 0 Å². The number of nitro benzene ring substituents is 1. The molecule has 2 aromatic rings. The number of nitrogens with zero attached hydrogens (tertiary/aromatic N) is 1. The Morgan fingerprint density at radius 2 is 2.06 bits per heavy atom. The minimum atomic E-state index is -1.13. The van der Waals surface area contributed by atoms with Gasteiger partial charge in [0.15, 0.2) is 0 Å². The molecule has 81 valence electrons. The number of carbonyl (C=O) groups is 1. The molecular weight excluding hydrogens is 411 g/mol. The summed E-state index contributed by atoms with van der Waals surface area (Å²) in [6.07, 6.45) is 0. The van der Waals surface area contributed by atoms with Gasteiger partial charge in [-0.2, -0.15) is 0 Å². The molecule has 5 nitrogen and oxygen atoms in total. The third kappa shape index (κ3) is 2.15. The van der Waals surface area contributed by atoms with Crippen LogP contribution in [0.25, 0.3) is 10.8 Å². The van der Waals surface area contributed by atoms with Crippen LogP contribution in [0.1, 0.15) is 10.4 Å². The van der Waals surface area contributed by atoms with Crippen molar-refractivity contribution in [3.05, 3.63) is 46.0 Å². The molecule has 0 aliphatic carbocycles. The summed E-state index contributed by atoms with van der Waals surface area (Å²) < 4.78 is 0.981. The van der Waals surface area contributed by atoms with Crippen LogP contribution in [0.2, 0.25) is 0 Å². The molecule has 2 rings (SSSR count). The molecule has 0 atom stereocenters. The molecule has 0 heterocycles. The summed E-state index contributed by atoms with van der Waals surface area (Å²) in [7, 11) is 0. The van der Waals surface area contributed by atoms with Gasteiger partial charge in [-0.25, -0.2) is 0 Å². The second-order valence-electron chi connectivity index (χ2n) is 3.57. The topological polar surface area (TPSA) is 80.4 Å². The van der Waals surface area contributed by atoms with Crippen molar-refractivity contribution in [1.29, 1.82) is 0 Å². The van der Waals surface area contributed by atoms with E-state index in [1.807, 2.05) is 6.07 Å². The molecule has 0 saturated heterocycles. The molecular formula is C11H6HgNO4. The number of hydrogen-bond acceptors (Lipinski definition) is 3. The molecule has 0 saturated carbocycles. The van der Waals surface area contributed by atoms with Crippen LogP contribution in [-0.2, 0) is 26.1 Å². The predicted octanol–water partition coefficient (Wildman–Crippen LogP) is 1.62. The summed E-state index contributed by atoms with van der Waals surface area (Å²) in [6.45, 7) is 0. The molecule has 0 aromatic heterocycles. The molecule has 0 unspecified atom stereocenters. The van der Waals surface area contributed by atoms with E-state index in [2.05, 4.69) is 0 Å². The second kappa shape index (κ2) is 4.41. The van der Waals surface area contributed by atoms with E-state index in [9.17, 15) is 14.9 Å². The van der Waals surface area contributed by atoms with Crippen molar-refractivity contribution >= 4 is 25.5 Å². The third-order valence-corrected chi connectivity index (χ3v) is 4.78. The molecule has 17 heavy (non-hydrogen) atoms. The quantitative estimate of drug-likeness (QED) is 0.458. The van der Waals surface area contributed by atoms with Crippen LogP contribution in [0.15, 0.2) is 30.3 Å². The van der Waals surface area contributed by atoms with Gasteiger partial charge in [0.1, 0.15) is 0 Å². The Morgan fingerprint density at radius 3 is 2.65 bits per heavy atom. The van der Waals surface area contributed by atoms with Crippen LogP contribution >= 0.6 is 0 Å². The first-order valence-electron chi connectivity index (χ1n) is 4.77. The Bertz CT molecular complexity index is 639. The SMILES string of the molecule is O=C(O)c1cc([N+](=O)[O-])cc2ccc[c]([Hg])c12. The number of nitro groups is 1. The molecule has 1 N–H and O–H groups in total. The van der Waals surface area contributed by atoms with Gasteiger partial charge in [0.05, 0.1) is 0 Å². The number of carboxylic acid groups (broad SMARTS) is 1. The van der Waals surface area contributed by atoms with Gasteiger partial charge in [-0.1, -0.05) is 0 Å². The van der Waals surface area contributed by atoms with Crippen molar-refractivity contribution in [2.75, 3.05) is 0 Å². The first-order chi connectivity index (χ1) is 8.00. The van der Waals surface area contributed by atoms with Gasteiger partial charge >= 0.3 is 112 Å². The van der Waals surface area contributed by atoms with Crippen molar-refractivity contribution in [2.24, 2.45) is 0 Å². The van der Waals surface area contributed by atoms with Crippen LogP contribution in [0.3, 0.4) is 0 Å². The van der Waals surface area contributed by atoms with Gasteiger partial charge in [0.25, 0.3) is 0 Å². The van der Waals surface area contributed by atoms with E-state index in [4.69, 9.17) is 5.11 Å². The zero-order valence-corrected chi connectivity index (χ0v) is 14.2. The molecule has 0 aliphatic heterocycles. The third-order valence-electron chi connectivity index (χ3n) is 2.49. The molecule has 0 spiro atoms. The zero-order chi connectivity index (χ0) is 12.6. The first-order valence-corrected chi connectivity index (χ1v) is 7.52. The number of rotatable bonds is 2. The molecule has 0 amide bonds. The van der Waals surface area contributed by atoms with Crippen molar-refractivity contribution in [3.8, 4) is 0 Å². The average molecular weight is 417 g/mol. The summed E-state index contributed by atoms with van der Waals surface area (Å²) >= 11 is 0.258. The number of benzene rings is 2. The first kappa shape index (κ1) is 12.0. The Morgan fingerprint density at radius 1 is 1.35 bits per heavy atom. The Hall–Kier alpha value is -1.49. The molecule has 0 aliphatic rings. The van der Waals surface area contributed by atoms with Crippen LogP contribution < -0.4 is 3.07 Å². The maximum absolute atomic E-state index is 11.1. The van der Waals surface area contributed by atoms with Crippen LogP contribution in [-0.4, -0.2) is 16.0 Å². The normalized spacial score (nSPS) is 10.5. The molecule has 0 radical (unpaired) electrons. The summed E-state index contributed by atoms with van der Waals surface area (Å²) in [5.74, 6) is -1.13. The van der Waals surface area contributed by atoms with E-state index in [-0.39, 0.29) is 37.4 Å². The van der Waals surface area contributed by atoms with Crippen molar-refractivity contribution in [3.63, 3.8) is 0 Å². The fourth-order valence-electron chi connectivity index (χ4n) is 1.76. The van der Waals surface area contributed by atoms with E-state index < -0.39 is 10.9 Å². The zero-order valence-electron chi connectivity index (χ0n) is 8.71. The number of non-ortho nitro benzene ring substituents is 1. The van der Waals surface area contributed by atoms with Crippen LogP contribution in [0.5, 0.6) is 0 Å². The van der Waals surface area contributed by atoms with E-state index in [0.717, 1.165) is 9.14 Å². The predicted molar refractivity (Wildman–Crippen MR) is 57.2 cm³/mol. The summed E-state index contributed by atoms with van der Waals surface area (Å²) in [4.78, 5) is 21.3. The van der Waals surface area contributed by atoms with Crippen LogP contribution in [0.4, 0.5) is 5.69 Å². The van der Waals surface area contributed by atoms with Crippen molar-refractivity contribution in [1.82, 2.24) is 0 Å². The number of aromatic carboxylic acids is 1. The van der Waals surface area contributed by atoms with E-state index in [0.29, 0.717) is 10.8 Å². The minimum absolute atomic E-state index is 0.0137. The summed E-state index contributed by atoms with van der Waals surface area (Å²) in [5.41, 5.74) is -0.173. The average Bonchev–Trinajstić information content (AvgIpc) is 2.27. The van der Waals surface area contributed by atoms with Gasteiger partial charge in [-0.15, -0.1) is 0 Å². The fraction of sp³-hybridized carbons (Fsp3) is 0. The van der Waals surface area contributed by atoms with E-state index >= 15 is 0 Å². The molecule has 2 aromatic carbocycles. The van der Waals surface area contributed by atoms with Gasteiger partial charge in [0, 0.05) is 0 Å². The second-order valence-corrected chi connectivity index (χ2v) is 6.53. The maximum atomic E-state index is 11.1. The fourth-order valence-corrected chi connectivity index (χ4v) is 3.83. The van der Waals surface area contributed by atoms with Gasteiger partial charge < -0.3 is 0 Å². The van der Waals surface area contributed by atoms with Crippen molar-refractivity contribution < 1.29 is 40.9 Å². The molecule has 0 bridgehead atoms. The van der Waals surface area contributed by atoms with E-state index in [1.54, 1.807) is 12.1 Å².